The molecule has 1 aromatic rings. The maximum absolute atomic E-state index is 9.40. The number of benzene rings is 1. The zero-order valence-electron chi connectivity index (χ0n) is 11.5. The number of hydrogen-bond donors (Lipinski definition) is 1. The van der Waals surface area contributed by atoms with E-state index in [0.717, 1.165) is 0 Å². The van der Waals surface area contributed by atoms with Gasteiger partial charge in [-0.2, -0.15) is 0 Å². The Morgan fingerprint density at radius 1 is 1.12 bits per heavy atom. The number of phenols is 1. The molecule has 1 N–H and O–H groups in total. The third-order valence-electron chi connectivity index (χ3n) is 3.32. The topological polar surface area (TPSA) is 38.7 Å². The second-order valence-corrected chi connectivity index (χ2v) is 10.4. The zero-order chi connectivity index (χ0) is 13.3. The lowest BCUT2D eigenvalue weighted by atomic mass is 10.2. The van der Waals surface area contributed by atoms with E-state index in [4.69, 9.17) is 9.16 Å². The first-order chi connectivity index (χ1) is 7.67. The standard InChI is InChI=1S/C13H22O3Si/c1-13(2,3)17(5,6)16-11-8-7-10(14)9-12(11)15-4/h7-9,14H,1-6H3. The first kappa shape index (κ1) is 13.9. The van der Waals surface area contributed by atoms with Gasteiger partial charge in [0, 0.05) is 6.07 Å². The number of rotatable bonds is 3. The van der Waals surface area contributed by atoms with E-state index in [1.807, 2.05) is 0 Å². The quantitative estimate of drug-likeness (QED) is 0.834. The summed E-state index contributed by atoms with van der Waals surface area (Å²) >= 11 is 0. The molecule has 0 bridgehead atoms. The summed E-state index contributed by atoms with van der Waals surface area (Å²) < 4.78 is 11.4. The Balaban J connectivity index is 3.03. The Labute approximate surface area is 105 Å². The summed E-state index contributed by atoms with van der Waals surface area (Å²) in [5.41, 5.74) is 0. The summed E-state index contributed by atoms with van der Waals surface area (Å²) in [6, 6.07) is 4.95. The van der Waals surface area contributed by atoms with Crippen LogP contribution in [-0.4, -0.2) is 20.5 Å². The van der Waals surface area contributed by atoms with Crippen molar-refractivity contribution >= 4 is 8.32 Å². The number of ether oxygens (including phenoxy) is 1. The predicted octanol–water partition coefficient (Wildman–Crippen LogP) is 3.78. The molecule has 0 aliphatic heterocycles. The van der Waals surface area contributed by atoms with Crippen LogP contribution in [-0.2, 0) is 0 Å². The van der Waals surface area contributed by atoms with Gasteiger partial charge in [-0.3, -0.25) is 0 Å². The van der Waals surface area contributed by atoms with E-state index in [2.05, 4.69) is 33.9 Å². The molecule has 1 aromatic carbocycles. The molecule has 0 saturated carbocycles. The normalized spacial score (nSPS) is 12.4. The molecule has 0 aliphatic rings. The van der Waals surface area contributed by atoms with E-state index in [1.165, 1.54) is 0 Å². The zero-order valence-corrected chi connectivity index (χ0v) is 12.5. The van der Waals surface area contributed by atoms with Crippen LogP contribution in [0.15, 0.2) is 18.2 Å². The van der Waals surface area contributed by atoms with Crippen molar-refractivity contribution in [3.8, 4) is 17.2 Å². The number of methoxy groups -OCH3 is 1. The van der Waals surface area contributed by atoms with Crippen LogP contribution in [0.5, 0.6) is 17.2 Å². The van der Waals surface area contributed by atoms with Gasteiger partial charge in [-0.15, -0.1) is 0 Å². The highest BCUT2D eigenvalue weighted by Gasteiger charge is 2.39. The third kappa shape index (κ3) is 3.16. The Hall–Kier alpha value is -1.16. The monoisotopic (exact) mass is 254 g/mol. The maximum Gasteiger partial charge on any atom is 0.250 e. The molecule has 1 rings (SSSR count). The van der Waals surface area contributed by atoms with Crippen LogP contribution in [0.4, 0.5) is 0 Å². The van der Waals surface area contributed by atoms with Gasteiger partial charge < -0.3 is 14.3 Å². The molecule has 4 heteroatoms. The Bertz CT molecular complexity index is 394. The minimum atomic E-state index is -1.87. The fourth-order valence-corrected chi connectivity index (χ4v) is 2.19. The molecule has 0 saturated heterocycles. The molecule has 17 heavy (non-hydrogen) atoms. The summed E-state index contributed by atoms with van der Waals surface area (Å²) in [6.07, 6.45) is 0. The summed E-state index contributed by atoms with van der Waals surface area (Å²) in [5, 5.41) is 9.54. The van der Waals surface area contributed by atoms with E-state index in [9.17, 15) is 5.11 Å². The van der Waals surface area contributed by atoms with Crippen molar-refractivity contribution in [2.24, 2.45) is 0 Å². The second kappa shape index (κ2) is 4.60. The molecule has 0 fully saturated rings. The van der Waals surface area contributed by atoms with Crippen LogP contribution in [0.2, 0.25) is 18.1 Å². The van der Waals surface area contributed by atoms with Crippen molar-refractivity contribution in [2.75, 3.05) is 7.11 Å². The van der Waals surface area contributed by atoms with E-state index in [1.54, 1.807) is 25.3 Å². The van der Waals surface area contributed by atoms with Gasteiger partial charge in [-0.05, 0) is 30.3 Å². The highest BCUT2D eigenvalue weighted by Crippen LogP contribution is 2.40. The number of hydrogen-bond acceptors (Lipinski definition) is 3. The van der Waals surface area contributed by atoms with Crippen molar-refractivity contribution < 1.29 is 14.3 Å². The molecule has 0 radical (unpaired) electrons. The average Bonchev–Trinajstić information content (AvgIpc) is 2.18. The van der Waals surface area contributed by atoms with Crippen LogP contribution in [0, 0.1) is 0 Å². The van der Waals surface area contributed by atoms with Gasteiger partial charge in [0.25, 0.3) is 8.32 Å². The van der Waals surface area contributed by atoms with Gasteiger partial charge in [-0.1, -0.05) is 20.8 Å². The van der Waals surface area contributed by atoms with E-state index < -0.39 is 8.32 Å². The molecule has 0 amide bonds. The first-order valence-electron chi connectivity index (χ1n) is 5.73. The van der Waals surface area contributed by atoms with Crippen molar-refractivity contribution in [1.82, 2.24) is 0 Å². The lowest BCUT2D eigenvalue weighted by Gasteiger charge is -2.36. The molecule has 0 aromatic heterocycles. The maximum atomic E-state index is 9.40. The largest absolute Gasteiger partial charge is 0.541 e. The van der Waals surface area contributed by atoms with Crippen LogP contribution in [0.3, 0.4) is 0 Å². The van der Waals surface area contributed by atoms with Gasteiger partial charge in [0.1, 0.15) is 11.5 Å². The molecule has 0 atom stereocenters. The second-order valence-electron chi connectivity index (χ2n) is 5.70. The fourth-order valence-electron chi connectivity index (χ4n) is 1.17. The lowest BCUT2D eigenvalue weighted by Crippen LogP contribution is -2.43. The smallest absolute Gasteiger partial charge is 0.250 e. The van der Waals surface area contributed by atoms with Crippen LogP contribution in [0.25, 0.3) is 0 Å². The molecule has 96 valence electrons. The Kier molecular flexibility index (Phi) is 3.77. The first-order valence-corrected chi connectivity index (χ1v) is 8.64. The van der Waals surface area contributed by atoms with E-state index in [-0.39, 0.29) is 10.8 Å². The minimum Gasteiger partial charge on any atom is -0.541 e. The van der Waals surface area contributed by atoms with Gasteiger partial charge in [0.2, 0.25) is 0 Å². The van der Waals surface area contributed by atoms with Gasteiger partial charge >= 0.3 is 0 Å². The highest BCUT2D eigenvalue weighted by molar-refractivity contribution is 6.74. The summed E-state index contributed by atoms with van der Waals surface area (Å²) in [7, 11) is -0.296. The number of phenolic OH excluding ortho intramolecular Hbond substituents is 1. The molecule has 3 nitrogen and oxygen atoms in total. The van der Waals surface area contributed by atoms with E-state index in [0.29, 0.717) is 11.5 Å². The fraction of sp³-hybridized carbons (Fsp3) is 0.538. The van der Waals surface area contributed by atoms with Crippen LogP contribution < -0.4 is 9.16 Å². The lowest BCUT2D eigenvalue weighted by molar-refractivity contribution is 0.380. The van der Waals surface area contributed by atoms with Gasteiger partial charge in [0.05, 0.1) is 7.11 Å². The Morgan fingerprint density at radius 2 is 1.71 bits per heavy atom. The molecular formula is C13H22O3Si. The van der Waals surface area contributed by atoms with Gasteiger partial charge in [-0.25, -0.2) is 0 Å². The summed E-state index contributed by atoms with van der Waals surface area (Å²) in [6.45, 7) is 10.9. The van der Waals surface area contributed by atoms with Crippen LogP contribution >= 0.6 is 0 Å². The highest BCUT2D eigenvalue weighted by atomic mass is 28.4. The molecule has 0 spiro atoms. The van der Waals surface area contributed by atoms with Crippen molar-refractivity contribution in [3.05, 3.63) is 18.2 Å². The van der Waals surface area contributed by atoms with E-state index >= 15 is 0 Å². The Morgan fingerprint density at radius 3 is 2.18 bits per heavy atom. The molecule has 0 aliphatic carbocycles. The average molecular weight is 254 g/mol. The van der Waals surface area contributed by atoms with Crippen molar-refractivity contribution in [2.45, 2.75) is 38.9 Å². The molecule has 0 heterocycles. The van der Waals surface area contributed by atoms with Gasteiger partial charge in [0.15, 0.2) is 5.75 Å². The number of aromatic hydroxyl groups is 1. The third-order valence-corrected chi connectivity index (χ3v) is 7.66. The summed E-state index contributed by atoms with van der Waals surface area (Å²) in [4.78, 5) is 0. The minimum absolute atomic E-state index is 0.135. The van der Waals surface area contributed by atoms with Crippen molar-refractivity contribution in [1.29, 1.82) is 0 Å². The molecular weight excluding hydrogens is 232 g/mol. The van der Waals surface area contributed by atoms with Crippen molar-refractivity contribution in [3.63, 3.8) is 0 Å². The summed E-state index contributed by atoms with van der Waals surface area (Å²) in [5.74, 6) is 1.47. The SMILES string of the molecule is COc1cc(O)ccc1O[Si](C)(C)C(C)(C)C. The molecule has 0 unspecified atom stereocenters. The predicted molar refractivity (Wildman–Crippen MR) is 72.5 cm³/mol. The van der Waals surface area contributed by atoms with Crippen LogP contribution in [0.1, 0.15) is 20.8 Å².